The van der Waals surface area contributed by atoms with Crippen molar-refractivity contribution in [2.45, 2.75) is 13.0 Å². The van der Waals surface area contributed by atoms with Gasteiger partial charge in [-0.2, -0.15) is 0 Å². The zero-order valence-electron chi connectivity index (χ0n) is 10.5. The number of hydrogen-bond acceptors (Lipinski definition) is 3. The lowest BCUT2D eigenvalue weighted by atomic mass is 10.2. The summed E-state index contributed by atoms with van der Waals surface area (Å²) < 4.78 is 6.22. The lowest BCUT2D eigenvalue weighted by Crippen LogP contribution is -2.28. The fourth-order valence-corrected chi connectivity index (χ4v) is 1.94. The zero-order chi connectivity index (χ0) is 12.8. The third-order valence-corrected chi connectivity index (χ3v) is 2.93. The van der Waals surface area contributed by atoms with Gasteiger partial charge in [-0.3, -0.25) is 4.79 Å². The molecule has 18 heavy (non-hydrogen) atoms. The summed E-state index contributed by atoms with van der Waals surface area (Å²) in [6, 6.07) is 5.73. The van der Waals surface area contributed by atoms with Gasteiger partial charge in [0.2, 0.25) is 5.91 Å². The van der Waals surface area contributed by atoms with E-state index >= 15 is 0 Å². The van der Waals surface area contributed by atoms with Crippen molar-refractivity contribution in [1.29, 1.82) is 0 Å². The SMILES string of the molecule is COc1ccc(Br)cc1CN(C)C(=O)CCN.Cl. The van der Waals surface area contributed by atoms with Crippen LogP contribution in [0, 0.1) is 0 Å². The summed E-state index contributed by atoms with van der Waals surface area (Å²) in [6.07, 6.45) is 0.368. The second kappa shape index (κ2) is 8.34. The highest BCUT2D eigenvalue weighted by Crippen LogP contribution is 2.24. The molecule has 0 aliphatic carbocycles. The largest absolute Gasteiger partial charge is 0.496 e. The molecule has 102 valence electrons. The third-order valence-electron chi connectivity index (χ3n) is 2.43. The van der Waals surface area contributed by atoms with E-state index in [0.29, 0.717) is 19.5 Å². The quantitative estimate of drug-likeness (QED) is 0.896. The molecule has 0 bridgehead atoms. The van der Waals surface area contributed by atoms with Crippen LogP contribution in [0.25, 0.3) is 0 Å². The average Bonchev–Trinajstić information content (AvgIpc) is 2.29. The number of halogens is 2. The number of rotatable bonds is 5. The molecule has 4 nitrogen and oxygen atoms in total. The summed E-state index contributed by atoms with van der Waals surface area (Å²) in [5.74, 6) is 0.815. The molecule has 0 aliphatic heterocycles. The van der Waals surface area contributed by atoms with Gasteiger partial charge in [0.05, 0.1) is 7.11 Å². The fraction of sp³-hybridized carbons (Fsp3) is 0.417. The van der Waals surface area contributed by atoms with Gasteiger partial charge in [0.25, 0.3) is 0 Å². The Kier molecular flexibility index (Phi) is 7.98. The van der Waals surface area contributed by atoms with Crippen molar-refractivity contribution in [1.82, 2.24) is 4.90 Å². The van der Waals surface area contributed by atoms with E-state index in [2.05, 4.69) is 15.9 Å². The molecule has 6 heteroatoms. The Morgan fingerprint density at radius 1 is 1.50 bits per heavy atom. The van der Waals surface area contributed by atoms with Crippen molar-refractivity contribution < 1.29 is 9.53 Å². The molecular formula is C12H18BrClN2O2. The second-order valence-corrected chi connectivity index (χ2v) is 4.66. The minimum atomic E-state index is 0. The molecule has 0 saturated heterocycles. The number of nitrogens with zero attached hydrogens (tertiary/aromatic N) is 1. The van der Waals surface area contributed by atoms with Crippen molar-refractivity contribution in [2.24, 2.45) is 5.73 Å². The zero-order valence-corrected chi connectivity index (χ0v) is 12.9. The van der Waals surface area contributed by atoms with Gasteiger partial charge in [-0.25, -0.2) is 0 Å². The Bertz CT molecular complexity index is 402. The van der Waals surface area contributed by atoms with Crippen molar-refractivity contribution in [3.63, 3.8) is 0 Å². The van der Waals surface area contributed by atoms with E-state index in [1.54, 1.807) is 19.1 Å². The first-order valence-corrected chi connectivity index (χ1v) is 6.14. The van der Waals surface area contributed by atoms with E-state index < -0.39 is 0 Å². The van der Waals surface area contributed by atoms with Gasteiger partial charge >= 0.3 is 0 Å². The number of ether oxygens (including phenoxy) is 1. The Morgan fingerprint density at radius 3 is 2.72 bits per heavy atom. The van der Waals surface area contributed by atoms with Crippen LogP contribution < -0.4 is 10.5 Å². The van der Waals surface area contributed by atoms with E-state index in [-0.39, 0.29) is 18.3 Å². The standard InChI is InChI=1S/C12H17BrN2O2.ClH/c1-15(12(16)5-6-14)8-9-7-10(13)3-4-11(9)17-2;/h3-4,7H,5-6,8,14H2,1-2H3;1H. The van der Waals surface area contributed by atoms with E-state index in [4.69, 9.17) is 10.5 Å². The van der Waals surface area contributed by atoms with Crippen LogP contribution in [0.2, 0.25) is 0 Å². The molecule has 2 N–H and O–H groups in total. The van der Waals surface area contributed by atoms with E-state index in [1.807, 2.05) is 18.2 Å². The molecule has 0 fully saturated rings. The van der Waals surface area contributed by atoms with Gasteiger partial charge in [-0.15, -0.1) is 12.4 Å². The summed E-state index contributed by atoms with van der Waals surface area (Å²) in [5, 5.41) is 0. The number of amides is 1. The summed E-state index contributed by atoms with van der Waals surface area (Å²) in [7, 11) is 3.38. The molecular weight excluding hydrogens is 320 g/mol. The highest BCUT2D eigenvalue weighted by Gasteiger charge is 2.11. The molecule has 0 heterocycles. The maximum atomic E-state index is 11.6. The van der Waals surface area contributed by atoms with E-state index in [1.165, 1.54) is 0 Å². The van der Waals surface area contributed by atoms with Crippen LogP contribution in [0.1, 0.15) is 12.0 Å². The Balaban J connectivity index is 0.00000289. The summed E-state index contributed by atoms with van der Waals surface area (Å²) in [5.41, 5.74) is 6.33. The smallest absolute Gasteiger partial charge is 0.223 e. The number of hydrogen-bond donors (Lipinski definition) is 1. The van der Waals surface area contributed by atoms with Crippen LogP contribution in [-0.2, 0) is 11.3 Å². The van der Waals surface area contributed by atoms with Gasteiger partial charge in [0.15, 0.2) is 0 Å². The molecule has 0 radical (unpaired) electrons. The van der Waals surface area contributed by atoms with Crippen LogP contribution in [0.4, 0.5) is 0 Å². The van der Waals surface area contributed by atoms with E-state index in [0.717, 1.165) is 15.8 Å². The van der Waals surface area contributed by atoms with Gasteiger partial charge in [-0.1, -0.05) is 15.9 Å². The molecule has 1 aromatic rings. The predicted octanol–water partition coefficient (Wildman–Crippen LogP) is 2.19. The van der Waals surface area contributed by atoms with Crippen LogP contribution in [-0.4, -0.2) is 31.5 Å². The van der Waals surface area contributed by atoms with Crippen LogP contribution in [0.15, 0.2) is 22.7 Å². The highest BCUT2D eigenvalue weighted by atomic mass is 79.9. The number of methoxy groups -OCH3 is 1. The summed E-state index contributed by atoms with van der Waals surface area (Å²) >= 11 is 3.40. The van der Waals surface area contributed by atoms with Crippen molar-refractivity contribution in [2.75, 3.05) is 20.7 Å². The van der Waals surface area contributed by atoms with E-state index in [9.17, 15) is 4.79 Å². The molecule has 0 aromatic heterocycles. The molecule has 0 spiro atoms. The minimum absolute atomic E-state index is 0. The van der Waals surface area contributed by atoms with Crippen LogP contribution in [0.5, 0.6) is 5.75 Å². The molecule has 0 aliphatic rings. The summed E-state index contributed by atoms with van der Waals surface area (Å²) in [4.78, 5) is 13.3. The lowest BCUT2D eigenvalue weighted by molar-refractivity contribution is -0.130. The normalized spacial score (nSPS) is 9.56. The topological polar surface area (TPSA) is 55.6 Å². The number of benzene rings is 1. The van der Waals surface area contributed by atoms with Gasteiger partial charge < -0.3 is 15.4 Å². The van der Waals surface area contributed by atoms with Gasteiger partial charge in [0, 0.05) is 36.6 Å². The molecule has 1 rings (SSSR count). The monoisotopic (exact) mass is 336 g/mol. The second-order valence-electron chi connectivity index (χ2n) is 3.74. The Labute approximate surface area is 122 Å². The highest BCUT2D eigenvalue weighted by molar-refractivity contribution is 9.10. The van der Waals surface area contributed by atoms with Gasteiger partial charge in [0.1, 0.15) is 5.75 Å². The Hall–Kier alpha value is -0.780. The molecule has 0 atom stereocenters. The molecule has 1 aromatic carbocycles. The molecule has 1 amide bonds. The summed E-state index contributed by atoms with van der Waals surface area (Å²) in [6.45, 7) is 0.889. The molecule has 0 saturated carbocycles. The Morgan fingerprint density at radius 2 is 2.17 bits per heavy atom. The maximum Gasteiger partial charge on any atom is 0.223 e. The first kappa shape index (κ1) is 17.2. The van der Waals surface area contributed by atoms with Crippen molar-refractivity contribution in [3.05, 3.63) is 28.2 Å². The number of nitrogens with two attached hydrogens (primary N) is 1. The minimum Gasteiger partial charge on any atom is -0.496 e. The fourth-order valence-electron chi connectivity index (χ4n) is 1.53. The maximum absolute atomic E-state index is 11.6. The van der Waals surface area contributed by atoms with Crippen LogP contribution >= 0.6 is 28.3 Å². The van der Waals surface area contributed by atoms with Crippen molar-refractivity contribution >= 4 is 34.2 Å². The number of carbonyl (C=O) groups excluding carboxylic acids is 1. The van der Waals surface area contributed by atoms with Crippen LogP contribution in [0.3, 0.4) is 0 Å². The van der Waals surface area contributed by atoms with Gasteiger partial charge in [-0.05, 0) is 18.2 Å². The first-order chi connectivity index (χ1) is 8.08. The van der Waals surface area contributed by atoms with Crippen molar-refractivity contribution in [3.8, 4) is 5.75 Å². The first-order valence-electron chi connectivity index (χ1n) is 5.35. The predicted molar refractivity (Wildman–Crippen MR) is 78.1 cm³/mol. The average molecular weight is 338 g/mol. The third kappa shape index (κ3) is 4.84. The molecule has 0 unspecified atom stereocenters. The lowest BCUT2D eigenvalue weighted by Gasteiger charge is -2.18. The number of carbonyl (C=O) groups is 1.